The Morgan fingerprint density at radius 2 is 1.19 bits per heavy atom. The van der Waals surface area contributed by atoms with Crippen molar-refractivity contribution in [1.82, 2.24) is 19.9 Å². The number of hydrogen-bond donors (Lipinski definition) is 3. The minimum Gasteiger partial charge on any atom is -0.508 e. The summed E-state index contributed by atoms with van der Waals surface area (Å²) in [6.45, 7) is 0. The van der Waals surface area contributed by atoms with E-state index in [4.69, 9.17) is 17.3 Å². The number of rotatable bonds is 2. The van der Waals surface area contributed by atoms with Crippen molar-refractivity contribution in [2.24, 2.45) is 0 Å². The number of anilines is 1. The first kappa shape index (κ1) is 16.0. The SMILES string of the molecule is Nc1nc(Cl)c2nc(-c3ccc(O)cc3)c(-c3ccc(O)cc3)nc2n1. The van der Waals surface area contributed by atoms with Crippen LogP contribution in [0.2, 0.25) is 5.15 Å². The molecule has 2 aromatic heterocycles. The summed E-state index contributed by atoms with van der Waals surface area (Å²) in [5.74, 6) is 0.289. The Bertz CT molecular complexity index is 1120. The zero-order chi connectivity index (χ0) is 18.3. The number of benzene rings is 2. The van der Waals surface area contributed by atoms with Gasteiger partial charge in [-0.05, 0) is 48.5 Å². The third kappa shape index (κ3) is 2.84. The fourth-order valence-electron chi connectivity index (χ4n) is 2.57. The van der Waals surface area contributed by atoms with Gasteiger partial charge in [0.25, 0.3) is 0 Å². The highest BCUT2D eigenvalue weighted by molar-refractivity contribution is 6.33. The Balaban J connectivity index is 2.04. The number of halogens is 1. The Kier molecular flexibility index (Phi) is 3.78. The molecule has 4 N–H and O–H groups in total. The molecule has 0 fully saturated rings. The highest BCUT2D eigenvalue weighted by Gasteiger charge is 2.16. The number of phenolic OH excluding ortho intramolecular Hbond substituents is 2. The van der Waals surface area contributed by atoms with Gasteiger partial charge < -0.3 is 15.9 Å². The fraction of sp³-hybridized carbons (Fsp3) is 0. The Morgan fingerprint density at radius 1 is 0.692 bits per heavy atom. The summed E-state index contributed by atoms with van der Waals surface area (Å²) in [5, 5.41) is 19.2. The number of fused-ring (bicyclic) bond motifs is 1. The predicted molar refractivity (Wildman–Crippen MR) is 98.8 cm³/mol. The lowest BCUT2D eigenvalue weighted by molar-refractivity contribution is 0.475. The summed E-state index contributed by atoms with van der Waals surface area (Å²) in [4.78, 5) is 17.2. The molecule has 0 saturated carbocycles. The van der Waals surface area contributed by atoms with Crippen molar-refractivity contribution in [3.05, 3.63) is 53.7 Å². The molecule has 0 aliphatic rings. The molecule has 0 saturated heterocycles. The van der Waals surface area contributed by atoms with Crippen LogP contribution in [0.5, 0.6) is 11.5 Å². The third-order valence-corrected chi connectivity index (χ3v) is 4.05. The largest absolute Gasteiger partial charge is 0.508 e. The van der Waals surface area contributed by atoms with Gasteiger partial charge >= 0.3 is 0 Å². The van der Waals surface area contributed by atoms with E-state index in [-0.39, 0.29) is 28.2 Å². The summed E-state index contributed by atoms with van der Waals surface area (Å²) in [6.07, 6.45) is 0. The maximum Gasteiger partial charge on any atom is 0.223 e. The second kappa shape index (κ2) is 6.12. The third-order valence-electron chi connectivity index (χ3n) is 3.79. The molecule has 0 atom stereocenters. The van der Waals surface area contributed by atoms with Gasteiger partial charge in [-0.2, -0.15) is 9.97 Å². The molecule has 0 aliphatic heterocycles. The van der Waals surface area contributed by atoms with Crippen LogP contribution in [-0.2, 0) is 0 Å². The van der Waals surface area contributed by atoms with E-state index in [1.807, 2.05) is 0 Å². The van der Waals surface area contributed by atoms with E-state index in [9.17, 15) is 10.2 Å². The van der Waals surface area contributed by atoms with Crippen LogP contribution < -0.4 is 5.73 Å². The average molecular weight is 366 g/mol. The van der Waals surface area contributed by atoms with Crippen LogP contribution in [0.3, 0.4) is 0 Å². The number of phenols is 2. The second-order valence-corrected chi connectivity index (χ2v) is 5.92. The minimum absolute atomic E-state index is 0.00541. The van der Waals surface area contributed by atoms with E-state index < -0.39 is 0 Å². The van der Waals surface area contributed by atoms with Crippen LogP contribution in [0.1, 0.15) is 0 Å². The lowest BCUT2D eigenvalue weighted by Crippen LogP contribution is -2.02. The minimum atomic E-state index is 0.00541. The highest BCUT2D eigenvalue weighted by Crippen LogP contribution is 2.33. The number of hydrogen-bond acceptors (Lipinski definition) is 7. The molecule has 0 radical (unpaired) electrons. The van der Waals surface area contributed by atoms with Crippen LogP contribution in [-0.4, -0.2) is 30.1 Å². The molecule has 7 nitrogen and oxygen atoms in total. The highest BCUT2D eigenvalue weighted by atomic mass is 35.5. The molecule has 0 amide bonds. The Hall–Kier alpha value is -3.45. The second-order valence-electron chi connectivity index (χ2n) is 5.56. The molecule has 0 aliphatic carbocycles. The summed E-state index contributed by atoms with van der Waals surface area (Å²) in [5.41, 5.74) is 8.80. The van der Waals surface area contributed by atoms with Crippen LogP contribution in [0.4, 0.5) is 5.95 Å². The number of aromatic nitrogens is 4. The van der Waals surface area contributed by atoms with Gasteiger partial charge in [-0.25, -0.2) is 9.97 Å². The molecule has 0 unspecified atom stereocenters. The van der Waals surface area contributed by atoms with Crippen molar-refractivity contribution < 1.29 is 10.2 Å². The topological polar surface area (TPSA) is 118 Å². The predicted octanol–water partition coefficient (Wildman–Crippen LogP) is 3.40. The summed E-state index contributed by atoms with van der Waals surface area (Å²) in [6, 6.07) is 13.1. The van der Waals surface area contributed by atoms with Crippen molar-refractivity contribution in [1.29, 1.82) is 0 Å². The van der Waals surface area contributed by atoms with Gasteiger partial charge in [-0.15, -0.1) is 0 Å². The molecule has 8 heteroatoms. The first-order valence-electron chi connectivity index (χ1n) is 7.61. The van der Waals surface area contributed by atoms with E-state index in [1.165, 1.54) is 0 Å². The van der Waals surface area contributed by atoms with Crippen LogP contribution >= 0.6 is 11.6 Å². The number of nitrogen functional groups attached to an aromatic ring is 1. The van der Waals surface area contributed by atoms with Crippen molar-refractivity contribution >= 4 is 28.7 Å². The summed E-state index contributed by atoms with van der Waals surface area (Å²) in [7, 11) is 0. The van der Waals surface area contributed by atoms with Gasteiger partial charge in [0.1, 0.15) is 17.0 Å². The zero-order valence-corrected chi connectivity index (χ0v) is 14.0. The zero-order valence-electron chi connectivity index (χ0n) is 13.3. The number of nitrogens with two attached hydrogens (primary N) is 1. The molecule has 2 aromatic carbocycles. The van der Waals surface area contributed by atoms with Crippen LogP contribution in [0.25, 0.3) is 33.7 Å². The molecular weight excluding hydrogens is 354 g/mol. The van der Waals surface area contributed by atoms with E-state index in [0.717, 1.165) is 11.1 Å². The van der Waals surface area contributed by atoms with E-state index in [1.54, 1.807) is 48.5 Å². The first-order chi connectivity index (χ1) is 12.5. The average Bonchev–Trinajstić information content (AvgIpc) is 2.62. The van der Waals surface area contributed by atoms with Crippen molar-refractivity contribution in [2.75, 3.05) is 5.73 Å². The number of nitrogens with zero attached hydrogens (tertiary/aromatic N) is 4. The monoisotopic (exact) mass is 365 g/mol. The molecule has 26 heavy (non-hydrogen) atoms. The molecular formula is C18H12ClN5O2. The molecule has 0 spiro atoms. The molecule has 128 valence electrons. The maximum absolute atomic E-state index is 9.55. The molecule has 4 aromatic rings. The first-order valence-corrected chi connectivity index (χ1v) is 7.98. The number of aromatic hydroxyl groups is 2. The maximum atomic E-state index is 9.55. The Morgan fingerprint density at radius 3 is 1.73 bits per heavy atom. The lowest BCUT2D eigenvalue weighted by Gasteiger charge is -2.11. The standard InChI is InChI=1S/C18H12ClN5O2/c19-16-15-17(24-18(20)23-16)22-14(10-3-7-12(26)8-4-10)13(21-15)9-1-5-11(25)6-2-9/h1-8,25-26H,(H2,20,22,23,24). The van der Waals surface area contributed by atoms with Gasteiger partial charge in [0.15, 0.2) is 10.8 Å². The summed E-state index contributed by atoms with van der Waals surface area (Å²) < 4.78 is 0. The quantitative estimate of drug-likeness (QED) is 0.466. The van der Waals surface area contributed by atoms with Gasteiger partial charge in [0, 0.05) is 11.1 Å². The molecule has 0 bridgehead atoms. The van der Waals surface area contributed by atoms with E-state index in [2.05, 4.69) is 19.9 Å². The van der Waals surface area contributed by atoms with Crippen molar-refractivity contribution in [2.45, 2.75) is 0 Å². The van der Waals surface area contributed by atoms with Gasteiger partial charge in [0.2, 0.25) is 5.95 Å². The van der Waals surface area contributed by atoms with E-state index >= 15 is 0 Å². The van der Waals surface area contributed by atoms with Crippen molar-refractivity contribution in [3.8, 4) is 34.0 Å². The van der Waals surface area contributed by atoms with Gasteiger partial charge in [-0.3, -0.25) is 0 Å². The normalized spacial score (nSPS) is 11.0. The summed E-state index contributed by atoms with van der Waals surface area (Å²) >= 11 is 6.16. The van der Waals surface area contributed by atoms with Crippen molar-refractivity contribution in [3.63, 3.8) is 0 Å². The Labute approximate surface area is 152 Å². The fourth-order valence-corrected chi connectivity index (χ4v) is 2.78. The van der Waals surface area contributed by atoms with Gasteiger partial charge in [-0.1, -0.05) is 11.6 Å². The molecule has 4 rings (SSSR count). The smallest absolute Gasteiger partial charge is 0.223 e. The molecule has 2 heterocycles. The van der Waals surface area contributed by atoms with Crippen LogP contribution in [0, 0.1) is 0 Å². The van der Waals surface area contributed by atoms with Crippen LogP contribution in [0.15, 0.2) is 48.5 Å². The van der Waals surface area contributed by atoms with Gasteiger partial charge in [0.05, 0.1) is 11.4 Å². The van der Waals surface area contributed by atoms with E-state index in [0.29, 0.717) is 16.9 Å². The lowest BCUT2D eigenvalue weighted by atomic mass is 10.0.